The highest BCUT2D eigenvalue weighted by atomic mass is 79.9. The van der Waals surface area contributed by atoms with Crippen molar-refractivity contribution < 1.29 is 14.6 Å². The molecule has 0 amide bonds. The summed E-state index contributed by atoms with van der Waals surface area (Å²) in [6.45, 7) is 2.81. The summed E-state index contributed by atoms with van der Waals surface area (Å²) in [5.74, 6) is 1.25. The van der Waals surface area contributed by atoms with E-state index in [0.717, 1.165) is 15.6 Å². The third-order valence-corrected chi connectivity index (χ3v) is 3.25. The van der Waals surface area contributed by atoms with Gasteiger partial charge in [-0.05, 0) is 46.6 Å². The minimum atomic E-state index is -0.0401. The van der Waals surface area contributed by atoms with Crippen LogP contribution in [0.25, 0.3) is 0 Å². The molecule has 0 saturated carbocycles. The monoisotopic (exact) mass is 337 g/mol. The number of aliphatic hydroxyl groups excluding tert-OH is 1. The highest BCUT2D eigenvalue weighted by molar-refractivity contribution is 9.10. The molecule has 0 aliphatic heterocycles. The van der Waals surface area contributed by atoms with Gasteiger partial charge in [-0.2, -0.15) is 0 Å². The van der Waals surface area contributed by atoms with Crippen molar-refractivity contribution in [2.24, 2.45) is 0 Å². The summed E-state index contributed by atoms with van der Waals surface area (Å²) in [5.41, 5.74) is 1.75. The maximum Gasteiger partial charge on any atom is 0.175 e. The molecule has 0 saturated heterocycles. The van der Waals surface area contributed by atoms with Gasteiger partial charge in [0.15, 0.2) is 11.5 Å². The van der Waals surface area contributed by atoms with Crippen molar-refractivity contribution >= 4 is 15.9 Å². The molecule has 106 valence electrons. The number of hydrogen-bond donors (Lipinski definition) is 1. The average Bonchev–Trinajstić information content (AvgIpc) is 2.47. The van der Waals surface area contributed by atoms with Crippen molar-refractivity contribution in [3.8, 4) is 11.5 Å². The second-order valence-corrected chi connectivity index (χ2v) is 5.00. The molecule has 5 heteroatoms. The zero-order valence-corrected chi connectivity index (χ0v) is 12.8. The Morgan fingerprint density at radius 1 is 1.25 bits per heavy atom. The number of halogens is 1. The van der Waals surface area contributed by atoms with Crippen molar-refractivity contribution in [2.75, 3.05) is 6.61 Å². The number of benzene rings is 1. The Bertz CT molecular complexity index is 561. The molecule has 0 bridgehead atoms. The first-order valence-corrected chi connectivity index (χ1v) is 7.11. The molecule has 1 N–H and O–H groups in total. The molecule has 0 fully saturated rings. The second-order valence-electron chi connectivity index (χ2n) is 4.15. The number of nitrogens with zero attached hydrogens (tertiary/aromatic N) is 1. The molecule has 0 spiro atoms. The van der Waals surface area contributed by atoms with Crippen LogP contribution in [-0.2, 0) is 13.2 Å². The van der Waals surface area contributed by atoms with E-state index in [1.165, 1.54) is 0 Å². The summed E-state index contributed by atoms with van der Waals surface area (Å²) in [6.07, 6.45) is 3.48. The van der Waals surface area contributed by atoms with Crippen LogP contribution in [0.5, 0.6) is 11.5 Å². The normalized spacial score (nSPS) is 10.3. The molecule has 0 atom stereocenters. The van der Waals surface area contributed by atoms with Gasteiger partial charge in [0.2, 0.25) is 0 Å². The number of aliphatic hydroxyl groups is 1. The Morgan fingerprint density at radius 2 is 2.10 bits per heavy atom. The highest BCUT2D eigenvalue weighted by Gasteiger charge is 2.12. The van der Waals surface area contributed by atoms with Gasteiger partial charge < -0.3 is 14.6 Å². The van der Waals surface area contributed by atoms with Crippen molar-refractivity contribution in [1.82, 2.24) is 4.98 Å². The largest absolute Gasteiger partial charge is 0.490 e. The fourth-order valence-electron chi connectivity index (χ4n) is 1.75. The number of aromatic nitrogens is 1. The summed E-state index contributed by atoms with van der Waals surface area (Å²) in [5, 5.41) is 9.23. The Labute approximate surface area is 126 Å². The van der Waals surface area contributed by atoms with E-state index in [4.69, 9.17) is 9.47 Å². The van der Waals surface area contributed by atoms with Crippen LogP contribution < -0.4 is 9.47 Å². The molecule has 1 aromatic carbocycles. The SMILES string of the molecule is CCOc1cc(CO)cc(Br)c1OCc1cccnc1. The van der Waals surface area contributed by atoms with E-state index in [9.17, 15) is 5.11 Å². The van der Waals surface area contributed by atoms with Crippen LogP contribution >= 0.6 is 15.9 Å². The van der Waals surface area contributed by atoms with Gasteiger partial charge in [0.05, 0.1) is 17.7 Å². The number of hydrogen-bond acceptors (Lipinski definition) is 4. The quantitative estimate of drug-likeness (QED) is 0.878. The third-order valence-electron chi connectivity index (χ3n) is 2.66. The van der Waals surface area contributed by atoms with Gasteiger partial charge in [-0.15, -0.1) is 0 Å². The summed E-state index contributed by atoms with van der Waals surface area (Å²) in [7, 11) is 0. The molecule has 0 aliphatic rings. The van der Waals surface area contributed by atoms with Crippen LogP contribution in [0.3, 0.4) is 0 Å². The molecular formula is C15H16BrNO3. The molecule has 4 nitrogen and oxygen atoms in total. The van der Waals surface area contributed by atoms with E-state index in [-0.39, 0.29) is 6.61 Å². The zero-order chi connectivity index (χ0) is 14.4. The molecule has 0 aliphatic carbocycles. The van der Waals surface area contributed by atoms with E-state index in [0.29, 0.717) is 24.7 Å². The molecule has 2 rings (SSSR count). The van der Waals surface area contributed by atoms with Crippen LogP contribution in [0.1, 0.15) is 18.1 Å². The summed E-state index contributed by atoms with van der Waals surface area (Å²) >= 11 is 3.45. The van der Waals surface area contributed by atoms with Crippen LogP contribution in [0.15, 0.2) is 41.1 Å². The zero-order valence-electron chi connectivity index (χ0n) is 11.2. The smallest absolute Gasteiger partial charge is 0.175 e. The lowest BCUT2D eigenvalue weighted by molar-refractivity contribution is 0.262. The Hall–Kier alpha value is -1.59. The average molecular weight is 338 g/mol. The highest BCUT2D eigenvalue weighted by Crippen LogP contribution is 2.37. The molecule has 0 radical (unpaired) electrons. The van der Waals surface area contributed by atoms with Gasteiger partial charge in [0, 0.05) is 18.0 Å². The van der Waals surface area contributed by atoms with Crippen molar-refractivity contribution in [1.29, 1.82) is 0 Å². The van der Waals surface area contributed by atoms with Crippen molar-refractivity contribution in [3.63, 3.8) is 0 Å². The lowest BCUT2D eigenvalue weighted by Gasteiger charge is -2.15. The van der Waals surface area contributed by atoms with Crippen LogP contribution in [-0.4, -0.2) is 16.7 Å². The van der Waals surface area contributed by atoms with Gasteiger partial charge in [-0.1, -0.05) is 6.07 Å². The fraction of sp³-hybridized carbons (Fsp3) is 0.267. The van der Waals surface area contributed by atoms with Crippen LogP contribution in [0.4, 0.5) is 0 Å². The second kappa shape index (κ2) is 7.26. The first kappa shape index (κ1) is 14.8. The third kappa shape index (κ3) is 3.71. The summed E-state index contributed by atoms with van der Waals surface area (Å²) < 4.78 is 12.1. The van der Waals surface area contributed by atoms with Gasteiger partial charge in [0.1, 0.15) is 6.61 Å². The molecule has 0 unspecified atom stereocenters. The Balaban J connectivity index is 2.21. The van der Waals surface area contributed by atoms with E-state index in [1.807, 2.05) is 25.1 Å². The number of ether oxygens (including phenoxy) is 2. The maximum absolute atomic E-state index is 9.23. The minimum absolute atomic E-state index is 0.0401. The van der Waals surface area contributed by atoms with Gasteiger partial charge in [0.25, 0.3) is 0 Å². The Morgan fingerprint density at radius 3 is 2.75 bits per heavy atom. The standard InChI is InChI=1S/C15H16BrNO3/c1-2-19-14-7-12(9-18)6-13(16)15(14)20-10-11-4-3-5-17-8-11/h3-8,18H,2,9-10H2,1H3. The lowest BCUT2D eigenvalue weighted by Crippen LogP contribution is -2.01. The first-order chi connectivity index (χ1) is 9.74. The molecular weight excluding hydrogens is 322 g/mol. The maximum atomic E-state index is 9.23. The number of pyridine rings is 1. The van der Waals surface area contributed by atoms with Gasteiger partial charge in [-0.3, -0.25) is 4.98 Å². The van der Waals surface area contributed by atoms with E-state index in [1.54, 1.807) is 18.5 Å². The van der Waals surface area contributed by atoms with Gasteiger partial charge >= 0.3 is 0 Å². The van der Waals surface area contributed by atoms with E-state index >= 15 is 0 Å². The summed E-state index contributed by atoms with van der Waals surface area (Å²) in [4.78, 5) is 4.05. The van der Waals surface area contributed by atoms with Gasteiger partial charge in [-0.25, -0.2) is 0 Å². The predicted molar refractivity (Wildman–Crippen MR) is 79.8 cm³/mol. The van der Waals surface area contributed by atoms with E-state index < -0.39 is 0 Å². The Kier molecular flexibility index (Phi) is 5.38. The summed E-state index contributed by atoms with van der Waals surface area (Å²) in [6, 6.07) is 7.42. The van der Waals surface area contributed by atoms with Crippen molar-refractivity contribution in [3.05, 3.63) is 52.3 Å². The predicted octanol–water partition coefficient (Wildman–Crippen LogP) is 3.31. The van der Waals surface area contributed by atoms with Crippen LogP contribution in [0.2, 0.25) is 0 Å². The van der Waals surface area contributed by atoms with Crippen LogP contribution in [0, 0.1) is 0 Å². The number of rotatable bonds is 6. The van der Waals surface area contributed by atoms with Crippen molar-refractivity contribution in [2.45, 2.75) is 20.1 Å². The molecule has 20 heavy (non-hydrogen) atoms. The fourth-order valence-corrected chi connectivity index (χ4v) is 2.36. The first-order valence-electron chi connectivity index (χ1n) is 6.32. The minimum Gasteiger partial charge on any atom is -0.490 e. The van der Waals surface area contributed by atoms with E-state index in [2.05, 4.69) is 20.9 Å². The topological polar surface area (TPSA) is 51.6 Å². The molecule has 1 aromatic heterocycles. The molecule has 1 heterocycles. The lowest BCUT2D eigenvalue weighted by atomic mass is 10.2. The molecule has 2 aromatic rings.